The van der Waals surface area contributed by atoms with Gasteiger partial charge in [0, 0.05) is 11.9 Å². The minimum absolute atomic E-state index is 0.261. The first-order valence-electron chi connectivity index (χ1n) is 5.68. The normalized spacial score (nSPS) is 10.4. The zero-order valence-corrected chi connectivity index (χ0v) is 11.8. The lowest BCUT2D eigenvalue weighted by molar-refractivity contribution is -0.137. The average molecular weight is 310 g/mol. The Bertz CT molecular complexity index is 622. The van der Waals surface area contributed by atoms with E-state index in [0.717, 1.165) is 6.20 Å². The van der Waals surface area contributed by atoms with Crippen molar-refractivity contribution in [1.82, 2.24) is 5.32 Å². The highest BCUT2D eigenvalue weighted by Gasteiger charge is 2.10. The number of amides is 1. The van der Waals surface area contributed by atoms with Gasteiger partial charge in [-0.15, -0.1) is 0 Å². The van der Waals surface area contributed by atoms with Crippen LogP contribution >= 0.6 is 11.6 Å². The molecule has 0 radical (unpaired) electrons. The molecule has 0 atom stereocenters. The summed E-state index contributed by atoms with van der Waals surface area (Å²) in [6, 6.07) is 6.49. The number of carboxylic acids is 1. The van der Waals surface area contributed by atoms with E-state index in [9.17, 15) is 9.59 Å². The van der Waals surface area contributed by atoms with Crippen LogP contribution in [0, 0.1) is 11.3 Å². The fraction of sp³-hybridized carbons (Fsp3) is 0.154. The molecule has 0 unspecified atom stereocenters. The van der Waals surface area contributed by atoms with Crippen LogP contribution in [0.4, 0.5) is 5.69 Å². The number of aliphatic carboxylic acids is 1. The molecular weight excluding hydrogens is 298 g/mol. The zero-order chi connectivity index (χ0) is 15.8. The summed E-state index contributed by atoms with van der Waals surface area (Å²) in [4.78, 5) is 21.8. The number of nitrogens with zero attached hydrogens (tertiary/aromatic N) is 1. The van der Waals surface area contributed by atoms with Gasteiger partial charge < -0.3 is 20.5 Å². The number of carbonyl (C=O) groups is 2. The van der Waals surface area contributed by atoms with E-state index in [1.165, 1.54) is 7.11 Å². The first kappa shape index (κ1) is 16.3. The van der Waals surface area contributed by atoms with Gasteiger partial charge in [0.15, 0.2) is 0 Å². The standard InChI is InChI=1S/C13H12ClN3O4/c1-21-11-3-2-9(4-10(11)14)16-6-8(5-15)13(20)17-7-12(18)19/h2-4,6,16H,7H2,1H3,(H,17,20)(H,18,19)/b8-6-. The predicted molar refractivity (Wildman–Crippen MR) is 76.0 cm³/mol. The Kier molecular flexibility index (Phi) is 6.04. The molecular formula is C13H12ClN3O4. The summed E-state index contributed by atoms with van der Waals surface area (Å²) in [7, 11) is 1.48. The second-order valence-corrected chi connectivity index (χ2v) is 4.15. The molecule has 0 heterocycles. The number of hydrogen-bond acceptors (Lipinski definition) is 5. The summed E-state index contributed by atoms with van der Waals surface area (Å²) < 4.78 is 4.99. The fourth-order valence-corrected chi connectivity index (χ4v) is 1.57. The number of nitrogens with one attached hydrogen (secondary N) is 2. The van der Waals surface area contributed by atoms with Crippen molar-refractivity contribution in [3.8, 4) is 11.8 Å². The molecule has 8 heteroatoms. The van der Waals surface area contributed by atoms with Crippen molar-refractivity contribution in [3.63, 3.8) is 0 Å². The largest absolute Gasteiger partial charge is 0.495 e. The summed E-state index contributed by atoms with van der Waals surface area (Å²) in [5.41, 5.74) is 0.280. The van der Waals surface area contributed by atoms with Crippen LogP contribution in [0.3, 0.4) is 0 Å². The summed E-state index contributed by atoms with van der Waals surface area (Å²) in [5, 5.41) is 22.5. The Morgan fingerprint density at radius 3 is 2.76 bits per heavy atom. The molecule has 0 bridgehead atoms. The smallest absolute Gasteiger partial charge is 0.322 e. The molecule has 7 nitrogen and oxygen atoms in total. The maximum Gasteiger partial charge on any atom is 0.322 e. The molecule has 0 aliphatic carbocycles. The summed E-state index contributed by atoms with van der Waals surface area (Å²) in [6.45, 7) is -0.563. The number of anilines is 1. The summed E-state index contributed by atoms with van der Waals surface area (Å²) in [6.07, 6.45) is 1.16. The number of methoxy groups -OCH3 is 1. The van der Waals surface area contributed by atoms with Gasteiger partial charge in [-0.3, -0.25) is 9.59 Å². The second kappa shape index (κ2) is 7.77. The van der Waals surface area contributed by atoms with Gasteiger partial charge in [0.1, 0.15) is 23.9 Å². The van der Waals surface area contributed by atoms with Crippen LogP contribution < -0.4 is 15.4 Å². The van der Waals surface area contributed by atoms with E-state index >= 15 is 0 Å². The third-order valence-corrected chi connectivity index (χ3v) is 2.60. The lowest BCUT2D eigenvalue weighted by atomic mass is 10.2. The topological polar surface area (TPSA) is 111 Å². The number of hydrogen-bond donors (Lipinski definition) is 3. The molecule has 110 valence electrons. The van der Waals surface area contributed by atoms with Crippen molar-refractivity contribution in [1.29, 1.82) is 5.26 Å². The van der Waals surface area contributed by atoms with E-state index < -0.39 is 18.4 Å². The van der Waals surface area contributed by atoms with Crippen LogP contribution in [0.2, 0.25) is 5.02 Å². The molecule has 0 saturated carbocycles. The molecule has 0 aliphatic heterocycles. The maximum atomic E-state index is 11.5. The lowest BCUT2D eigenvalue weighted by Gasteiger charge is -2.06. The lowest BCUT2D eigenvalue weighted by Crippen LogP contribution is -2.30. The van der Waals surface area contributed by atoms with Gasteiger partial charge in [0.2, 0.25) is 0 Å². The molecule has 3 N–H and O–H groups in total. The SMILES string of the molecule is COc1ccc(N/C=C(/C#N)C(=O)NCC(=O)O)cc1Cl. The molecule has 0 aromatic heterocycles. The van der Waals surface area contributed by atoms with Crippen LogP contribution in [0.15, 0.2) is 30.0 Å². The van der Waals surface area contributed by atoms with Crippen molar-refractivity contribution in [2.75, 3.05) is 19.0 Å². The first-order valence-corrected chi connectivity index (χ1v) is 6.06. The van der Waals surface area contributed by atoms with E-state index in [4.69, 9.17) is 26.7 Å². The number of rotatable bonds is 6. The van der Waals surface area contributed by atoms with E-state index in [2.05, 4.69) is 10.6 Å². The van der Waals surface area contributed by atoms with Gasteiger partial charge in [-0.2, -0.15) is 5.26 Å². The van der Waals surface area contributed by atoms with Crippen LogP contribution in [0.1, 0.15) is 0 Å². The zero-order valence-electron chi connectivity index (χ0n) is 11.0. The minimum atomic E-state index is -1.20. The molecule has 1 amide bonds. The van der Waals surface area contributed by atoms with Crippen LogP contribution in [-0.2, 0) is 9.59 Å². The molecule has 1 rings (SSSR count). The minimum Gasteiger partial charge on any atom is -0.495 e. The van der Waals surface area contributed by atoms with Crippen molar-refractivity contribution >= 4 is 29.2 Å². The first-order chi connectivity index (χ1) is 9.97. The third-order valence-electron chi connectivity index (χ3n) is 2.30. The van der Waals surface area contributed by atoms with Crippen LogP contribution in [0.25, 0.3) is 0 Å². The molecule has 1 aromatic carbocycles. The van der Waals surface area contributed by atoms with E-state index in [1.54, 1.807) is 24.3 Å². The fourth-order valence-electron chi connectivity index (χ4n) is 1.31. The van der Waals surface area contributed by atoms with Gasteiger partial charge in [0.05, 0.1) is 12.1 Å². The Balaban J connectivity index is 2.76. The molecule has 1 aromatic rings. The monoisotopic (exact) mass is 309 g/mol. The maximum absolute atomic E-state index is 11.5. The third kappa shape index (κ3) is 5.04. The highest BCUT2D eigenvalue weighted by molar-refractivity contribution is 6.32. The molecule has 0 fully saturated rings. The summed E-state index contributed by atoms with van der Waals surface area (Å²) in [5.74, 6) is -1.49. The van der Waals surface area contributed by atoms with E-state index in [0.29, 0.717) is 16.5 Å². The molecule has 0 aliphatic rings. The number of carbonyl (C=O) groups excluding carboxylic acids is 1. The molecule has 0 saturated heterocycles. The Labute approximate surface area is 125 Å². The van der Waals surface area contributed by atoms with Gasteiger partial charge in [-0.1, -0.05) is 11.6 Å². The van der Waals surface area contributed by atoms with Crippen molar-refractivity contribution in [2.24, 2.45) is 0 Å². The Morgan fingerprint density at radius 2 is 2.24 bits per heavy atom. The highest BCUT2D eigenvalue weighted by atomic mass is 35.5. The summed E-state index contributed by atoms with van der Waals surface area (Å²) >= 11 is 5.93. The highest BCUT2D eigenvalue weighted by Crippen LogP contribution is 2.27. The van der Waals surface area contributed by atoms with Crippen molar-refractivity contribution < 1.29 is 19.4 Å². The number of ether oxygens (including phenoxy) is 1. The van der Waals surface area contributed by atoms with Gasteiger partial charge >= 0.3 is 5.97 Å². The van der Waals surface area contributed by atoms with Gasteiger partial charge in [-0.25, -0.2) is 0 Å². The number of nitriles is 1. The Morgan fingerprint density at radius 1 is 1.52 bits per heavy atom. The van der Waals surface area contributed by atoms with Crippen molar-refractivity contribution in [3.05, 3.63) is 35.0 Å². The molecule has 21 heavy (non-hydrogen) atoms. The predicted octanol–water partition coefficient (Wildman–Crippen LogP) is 1.37. The van der Waals surface area contributed by atoms with Gasteiger partial charge in [0.25, 0.3) is 5.91 Å². The average Bonchev–Trinajstić information content (AvgIpc) is 2.45. The van der Waals surface area contributed by atoms with Crippen LogP contribution in [-0.4, -0.2) is 30.6 Å². The number of halogens is 1. The Hall–Kier alpha value is -2.72. The molecule has 0 spiro atoms. The van der Waals surface area contributed by atoms with E-state index in [1.807, 2.05) is 0 Å². The van der Waals surface area contributed by atoms with E-state index in [-0.39, 0.29) is 5.57 Å². The number of carboxylic acid groups (broad SMARTS) is 1. The quantitative estimate of drug-likeness (QED) is 0.540. The second-order valence-electron chi connectivity index (χ2n) is 3.74. The van der Waals surface area contributed by atoms with Gasteiger partial charge in [-0.05, 0) is 18.2 Å². The van der Waals surface area contributed by atoms with Crippen molar-refractivity contribution in [2.45, 2.75) is 0 Å². The van der Waals surface area contributed by atoms with Crippen LogP contribution in [0.5, 0.6) is 5.75 Å². The number of benzene rings is 1.